The SMILES string of the molecule is C#Cc1ccc(C(C(=O)Nc2ccccc2C)N(CC)C(=O)C(CCC(N)=O)NC(=O)OC(C)(C)C)cc1. The minimum Gasteiger partial charge on any atom is -0.444 e. The lowest BCUT2D eigenvalue weighted by atomic mass is 10.00. The number of hydrogen-bond acceptors (Lipinski definition) is 5. The third-order valence-corrected chi connectivity index (χ3v) is 5.65. The Hall–Kier alpha value is -4.32. The van der Waals surface area contributed by atoms with E-state index >= 15 is 0 Å². The summed E-state index contributed by atoms with van der Waals surface area (Å²) >= 11 is 0. The highest BCUT2D eigenvalue weighted by Crippen LogP contribution is 2.26. The van der Waals surface area contributed by atoms with Gasteiger partial charge in [-0.25, -0.2) is 4.79 Å². The lowest BCUT2D eigenvalue weighted by Crippen LogP contribution is -2.52. The van der Waals surface area contributed by atoms with Crippen molar-refractivity contribution < 1.29 is 23.9 Å². The highest BCUT2D eigenvalue weighted by atomic mass is 16.6. The molecule has 0 fully saturated rings. The summed E-state index contributed by atoms with van der Waals surface area (Å²) < 4.78 is 5.31. The molecule has 2 atom stereocenters. The predicted molar refractivity (Wildman–Crippen MR) is 146 cm³/mol. The van der Waals surface area contributed by atoms with Crippen LogP contribution in [0.2, 0.25) is 0 Å². The van der Waals surface area contributed by atoms with Crippen LogP contribution in [0.5, 0.6) is 0 Å². The Morgan fingerprint density at radius 1 is 1.08 bits per heavy atom. The van der Waals surface area contributed by atoms with Gasteiger partial charge in [-0.3, -0.25) is 14.4 Å². The van der Waals surface area contributed by atoms with E-state index < -0.39 is 41.5 Å². The molecule has 4 N–H and O–H groups in total. The average molecular weight is 521 g/mol. The Balaban J connectivity index is 2.48. The fourth-order valence-electron chi connectivity index (χ4n) is 3.81. The molecule has 0 aliphatic heterocycles. The number of aryl methyl sites for hydroxylation is 1. The molecule has 0 aliphatic rings. The Labute approximate surface area is 224 Å². The van der Waals surface area contributed by atoms with Crippen LogP contribution in [0, 0.1) is 19.3 Å². The van der Waals surface area contributed by atoms with Gasteiger partial charge in [0.15, 0.2) is 0 Å². The minimum atomic E-state index is -1.16. The molecule has 0 heterocycles. The van der Waals surface area contributed by atoms with Crippen LogP contribution in [0.1, 0.15) is 63.3 Å². The van der Waals surface area contributed by atoms with Crippen LogP contribution in [0.3, 0.4) is 0 Å². The Bertz CT molecular complexity index is 1190. The number of anilines is 1. The van der Waals surface area contributed by atoms with E-state index in [2.05, 4.69) is 16.6 Å². The van der Waals surface area contributed by atoms with Crippen molar-refractivity contribution in [1.82, 2.24) is 10.2 Å². The van der Waals surface area contributed by atoms with Gasteiger partial charge in [-0.1, -0.05) is 36.3 Å². The van der Waals surface area contributed by atoms with E-state index in [0.717, 1.165) is 5.56 Å². The van der Waals surface area contributed by atoms with E-state index in [1.54, 1.807) is 64.1 Å². The molecular formula is C29H36N4O5. The second kappa shape index (κ2) is 13.3. The van der Waals surface area contributed by atoms with Crippen molar-refractivity contribution in [2.45, 2.75) is 65.1 Å². The van der Waals surface area contributed by atoms with Gasteiger partial charge in [0.25, 0.3) is 5.91 Å². The average Bonchev–Trinajstić information content (AvgIpc) is 2.84. The smallest absolute Gasteiger partial charge is 0.408 e. The summed E-state index contributed by atoms with van der Waals surface area (Å²) in [5, 5.41) is 5.46. The van der Waals surface area contributed by atoms with Crippen LogP contribution >= 0.6 is 0 Å². The van der Waals surface area contributed by atoms with Crippen molar-refractivity contribution in [2.24, 2.45) is 5.73 Å². The van der Waals surface area contributed by atoms with Crippen molar-refractivity contribution in [3.8, 4) is 12.3 Å². The quantitative estimate of drug-likeness (QED) is 0.412. The second-order valence-corrected chi connectivity index (χ2v) is 9.80. The molecule has 4 amide bonds. The number of rotatable bonds is 10. The summed E-state index contributed by atoms with van der Waals surface area (Å²) in [6, 6.07) is 11.8. The molecule has 0 aromatic heterocycles. The van der Waals surface area contributed by atoms with Crippen LogP contribution in [0.15, 0.2) is 48.5 Å². The van der Waals surface area contributed by atoms with Crippen LogP contribution < -0.4 is 16.4 Å². The number of amides is 4. The third-order valence-electron chi connectivity index (χ3n) is 5.65. The van der Waals surface area contributed by atoms with Gasteiger partial charge in [-0.05, 0) is 70.4 Å². The number of para-hydroxylation sites is 1. The number of hydrogen-bond donors (Lipinski definition) is 3. The molecule has 0 saturated carbocycles. The van der Waals surface area contributed by atoms with Gasteiger partial charge in [-0.2, -0.15) is 0 Å². The van der Waals surface area contributed by atoms with E-state index in [1.807, 2.05) is 19.1 Å². The van der Waals surface area contributed by atoms with Gasteiger partial charge in [0.2, 0.25) is 11.8 Å². The number of carbonyl (C=O) groups is 4. The van der Waals surface area contributed by atoms with Crippen molar-refractivity contribution in [1.29, 1.82) is 0 Å². The Morgan fingerprint density at radius 3 is 2.24 bits per heavy atom. The number of terminal acetylenes is 1. The van der Waals surface area contributed by atoms with Gasteiger partial charge in [-0.15, -0.1) is 6.42 Å². The first-order valence-electron chi connectivity index (χ1n) is 12.4. The topological polar surface area (TPSA) is 131 Å². The number of likely N-dealkylation sites (N-methyl/N-ethyl adjacent to an activating group) is 1. The first-order valence-corrected chi connectivity index (χ1v) is 12.4. The molecule has 2 unspecified atom stereocenters. The fourth-order valence-corrected chi connectivity index (χ4v) is 3.81. The fraction of sp³-hybridized carbons (Fsp3) is 0.379. The molecule has 9 heteroatoms. The normalized spacial score (nSPS) is 12.4. The molecule has 0 aliphatic carbocycles. The Kier molecular flexibility index (Phi) is 10.5. The maximum absolute atomic E-state index is 13.8. The molecule has 0 saturated heterocycles. The molecule has 0 bridgehead atoms. The van der Waals surface area contributed by atoms with Gasteiger partial charge >= 0.3 is 6.09 Å². The third kappa shape index (κ3) is 8.66. The van der Waals surface area contributed by atoms with E-state index in [0.29, 0.717) is 16.8 Å². The summed E-state index contributed by atoms with van der Waals surface area (Å²) in [5.41, 5.74) is 7.11. The highest BCUT2D eigenvalue weighted by molar-refractivity contribution is 5.99. The lowest BCUT2D eigenvalue weighted by Gasteiger charge is -2.34. The zero-order valence-corrected chi connectivity index (χ0v) is 22.5. The standard InChI is InChI=1S/C29H36N4O5/c1-7-20-13-15-21(16-14-20)25(26(35)31-22-12-10-9-11-19(22)3)33(8-2)27(36)23(17-18-24(30)34)32-28(37)38-29(4,5)6/h1,9-16,23,25H,8,17-18H2,2-6H3,(H2,30,34)(H,31,35)(H,32,37). The van der Waals surface area contributed by atoms with Crippen molar-refractivity contribution in [3.05, 3.63) is 65.2 Å². The van der Waals surface area contributed by atoms with Gasteiger partial charge in [0.1, 0.15) is 17.7 Å². The largest absolute Gasteiger partial charge is 0.444 e. The van der Waals surface area contributed by atoms with E-state index in [1.165, 1.54) is 4.90 Å². The number of alkyl carbamates (subject to hydrolysis) is 1. The maximum Gasteiger partial charge on any atom is 0.408 e. The predicted octanol–water partition coefficient (Wildman–Crippen LogP) is 3.66. The summed E-state index contributed by atoms with van der Waals surface area (Å²) in [4.78, 5) is 52.9. The van der Waals surface area contributed by atoms with Gasteiger partial charge in [0.05, 0.1) is 0 Å². The summed E-state index contributed by atoms with van der Waals surface area (Å²) in [5.74, 6) is 0.892. The van der Waals surface area contributed by atoms with Gasteiger partial charge in [0, 0.05) is 24.2 Å². The minimum absolute atomic E-state index is 0.0634. The number of nitrogens with two attached hydrogens (primary N) is 1. The molecule has 0 radical (unpaired) electrons. The molecule has 0 spiro atoms. The van der Waals surface area contributed by atoms with Gasteiger partial charge < -0.3 is 26.0 Å². The maximum atomic E-state index is 13.8. The van der Waals surface area contributed by atoms with Crippen LogP contribution in [-0.2, 0) is 19.1 Å². The molecule has 2 rings (SSSR count). The van der Waals surface area contributed by atoms with Crippen LogP contribution in [0.4, 0.5) is 10.5 Å². The number of primary amides is 1. The highest BCUT2D eigenvalue weighted by Gasteiger charge is 2.35. The molecule has 9 nitrogen and oxygen atoms in total. The van der Waals surface area contributed by atoms with Crippen molar-refractivity contribution in [2.75, 3.05) is 11.9 Å². The zero-order chi connectivity index (χ0) is 28.5. The molecule has 202 valence electrons. The monoisotopic (exact) mass is 520 g/mol. The summed E-state index contributed by atoms with van der Waals surface area (Å²) in [7, 11) is 0. The molecule has 2 aromatic rings. The van der Waals surface area contributed by atoms with E-state index in [-0.39, 0.29) is 19.4 Å². The first kappa shape index (κ1) is 29.9. The number of nitrogens with one attached hydrogen (secondary N) is 2. The number of benzene rings is 2. The second-order valence-electron chi connectivity index (χ2n) is 9.80. The van der Waals surface area contributed by atoms with Crippen molar-refractivity contribution >= 4 is 29.5 Å². The number of carbonyl (C=O) groups excluding carboxylic acids is 4. The zero-order valence-electron chi connectivity index (χ0n) is 22.5. The molecule has 38 heavy (non-hydrogen) atoms. The number of nitrogens with zero attached hydrogens (tertiary/aromatic N) is 1. The first-order chi connectivity index (χ1) is 17.9. The summed E-state index contributed by atoms with van der Waals surface area (Å²) in [6.07, 6.45) is 4.45. The van der Waals surface area contributed by atoms with Crippen LogP contribution in [0.25, 0.3) is 0 Å². The molecular weight excluding hydrogens is 484 g/mol. The summed E-state index contributed by atoms with van der Waals surface area (Å²) in [6.45, 7) is 8.79. The number of ether oxygens (including phenoxy) is 1. The van der Waals surface area contributed by atoms with E-state index in [9.17, 15) is 19.2 Å². The Morgan fingerprint density at radius 2 is 1.71 bits per heavy atom. The molecule has 2 aromatic carbocycles. The van der Waals surface area contributed by atoms with Crippen molar-refractivity contribution in [3.63, 3.8) is 0 Å². The van der Waals surface area contributed by atoms with E-state index in [4.69, 9.17) is 16.9 Å². The lowest BCUT2D eigenvalue weighted by molar-refractivity contribution is -0.140. The van der Waals surface area contributed by atoms with Crippen LogP contribution in [-0.4, -0.2) is 46.9 Å².